The lowest BCUT2D eigenvalue weighted by Crippen LogP contribution is -2.04. The molecule has 0 aliphatic carbocycles. The summed E-state index contributed by atoms with van der Waals surface area (Å²) in [5.41, 5.74) is -0.0118. The molecule has 94 valence electrons. The van der Waals surface area contributed by atoms with Gasteiger partial charge in [-0.05, 0) is 6.92 Å². The van der Waals surface area contributed by atoms with Crippen LogP contribution in [-0.2, 0) is 0 Å². The molecule has 0 aromatic carbocycles. The lowest BCUT2D eigenvalue weighted by Gasteiger charge is -1.97. The highest BCUT2D eigenvalue weighted by molar-refractivity contribution is 7.17. The first kappa shape index (κ1) is 12.2. The summed E-state index contributed by atoms with van der Waals surface area (Å²) in [4.78, 5) is 32.5. The monoisotopic (exact) mass is 267 g/mol. The van der Waals surface area contributed by atoms with Crippen molar-refractivity contribution >= 4 is 17.3 Å². The van der Waals surface area contributed by atoms with Crippen LogP contribution in [0.25, 0.3) is 10.7 Å². The number of rotatable bonds is 4. The second kappa shape index (κ2) is 4.96. The van der Waals surface area contributed by atoms with Crippen LogP contribution in [0.5, 0.6) is 5.88 Å². The molecule has 0 aliphatic rings. The molecule has 0 bridgehead atoms. The summed E-state index contributed by atoms with van der Waals surface area (Å²) in [7, 11) is 0. The second-order valence-electron chi connectivity index (χ2n) is 3.19. The largest absolute Gasteiger partial charge is 0.477 e. The summed E-state index contributed by atoms with van der Waals surface area (Å²) in [5.74, 6) is -1.07. The van der Waals surface area contributed by atoms with Gasteiger partial charge in [-0.25, -0.2) is 9.78 Å². The predicted octanol–water partition coefficient (Wildman–Crippen LogP) is 0.990. The van der Waals surface area contributed by atoms with Gasteiger partial charge in [-0.1, -0.05) is 0 Å². The van der Waals surface area contributed by atoms with Gasteiger partial charge in [-0.2, -0.15) is 4.98 Å². The van der Waals surface area contributed by atoms with E-state index in [0.717, 1.165) is 11.3 Å². The second-order valence-corrected chi connectivity index (χ2v) is 4.19. The van der Waals surface area contributed by atoms with Gasteiger partial charge in [0.1, 0.15) is 10.7 Å². The highest BCUT2D eigenvalue weighted by Crippen LogP contribution is 2.30. The Morgan fingerprint density at radius 2 is 2.39 bits per heavy atom. The van der Waals surface area contributed by atoms with Gasteiger partial charge in [0, 0.05) is 6.07 Å². The first-order valence-electron chi connectivity index (χ1n) is 5.04. The van der Waals surface area contributed by atoms with Crippen LogP contribution in [0.4, 0.5) is 0 Å². The highest BCUT2D eigenvalue weighted by atomic mass is 32.1. The number of aromatic amines is 1. The molecule has 0 fully saturated rings. The van der Waals surface area contributed by atoms with Crippen LogP contribution in [-0.4, -0.2) is 32.6 Å². The number of aromatic carboxylic acids is 1. The molecule has 2 heterocycles. The van der Waals surface area contributed by atoms with Gasteiger partial charge in [-0.3, -0.25) is 4.79 Å². The number of nitrogens with one attached hydrogen (secondary N) is 1. The molecule has 0 aliphatic heterocycles. The molecule has 8 heteroatoms. The van der Waals surface area contributed by atoms with E-state index in [9.17, 15) is 9.59 Å². The van der Waals surface area contributed by atoms with Crippen molar-refractivity contribution in [3.8, 4) is 16.6 Å². The summed E-state index contributed by atoms with van der Waals surface area (Å²) in [6, 6.07) is 1.25. The molecule has 0 saturated carbocycles. The number of aromatic nitrogens is 3. The van der Waals surface area contributed by atoms with Crippen LogP contribution in [0.3, 0.4) is 0 Å². The van der Waals surface area contributed by atoms with Crippen molar-refractivity contribution in [1.29, 1.82) is 0 Å². The van der Waals surface area contributed by atoms with Crippen molar-refractivity contribution in [2.75, 3.05) is 6.61 Å². The summed E-state index contributed by atoms with van der Waals surface area (Å²) in [6.07, 6.45) is 1.24. The van der Waals surface area contributed by atoms with Crippen LogP contribution in [0.1, 0.15) is 16.6 Å². The Kier molecular flexibility index (Phi) is 3.38. The summed E-state index contributed by atoms with van der Waals surface area (Å²) in [6.45, 7) is 2.04. The van der Waals surface area contributed by atoms with E-state index >= 15 is 0 Å². The van der Waals surface area contributed by atoms with Gasteiger partial charge in [0.05, 0.1) is 12.9 Å². The Morgan fingerprint density at radius 1 is 1.61 bits per heavy atom. The van der Waals surface area contributed by atoms with E-state index in [1.54, 1.807) is 6.92 Å². The number of ether oxygens (including phenoxy) is 1. The molecule has 0 radical (unpaired) electrons. The third kappa shape index (κ3) is 2.38. The maximum Gasteiger partial charge on any atom is 0.351 e. The fourth-order valence-electron chi connectivity index (χ4n) is 1.27. The van der Waals surface area contributed by atoms with Crippen molar-refractivity contribution in [3.05, 3.63) is 27.6 Å². The molecule has 2 N–H and O–H groups in total. The van der Waals surface area contributed by atoms with E-state index in [1.165, 1.54) is 12.4 Å². The summed E-state index contributed by atoms with van der Waals surface area (Å²) >= 11 is 0.918. The van der Waals surface area contributed by atoms with E-state index in [0.29, 0.717) is 17.3 Å². The molecule has 18 heavy (non-hydrogen) atoms. The molecule has 0 amide bonds. The summed E-state index contributed by atoms with van der Waals surface area (Å²) in [5, 5.41) is 9.34. The number of hydrogen-bond acceptors (Lipinski definition) is 6. The van der Waals surface area contributed by atoms with Crippen molar-refractivity contribution in [2.45, 2.75) is 6.92 Å². The van der Waals surface area contributed by atoms with Crippen LogP contribution in [0, 0.1) is 0 Å². The number of H-pyrrole nitrogens is 1. The standard InChI is InChI=1S/C10H9N3O4S/c1-2-17-8-7(10(15)16)18-9(13-8)5-3-6(14)12-4-11-5/h3-4H,2H2,1H3,(H,15,16)(H,11,12,14). The minimum Gasteiger partial charge on any atom is -0.477 e. The molecule has 0 saturated heterocycles. The van der Waals surface area contributed by atoms with Crippen molar-refractivity contribution in [1.82, 2.24) is 15.0 Å². The van der Waals surface area contributed by atoms with Gasteiger partial charge in [-0.15, -0.1) is 11.3 Å². The maximum atomic E-state index is 11.1. The van der Waals surface area contributed by atoms with Gasteiger partial charge in [0.15, 0.2) is 4.88 Å². The lowest BCUT2D eigenvalue weighted by atomic mass is 10.4. The molecule has 2 aromatic rings. The zero-order valence-electron chi connectivity index (χ0n) is 9.34. The van der Waals surface area contributed by atoms with Crippen molar-refractivity contribution in [2.24, 2.45) is 0 Å². The summed E-state index contributed by atoms with van der Waals surface area (Å²) < 4.78 is 5.14. The van der Waals surface area contributed by atoms with Crippen LogP contribution < -0.4 is 10.3 Å². The molecule has 0 spiro atoms. The fourth-order valence-corrected chi connectivity index (χ4v) is 2.09. The minimum absolute atomic E-state index is 0.00562. The van der Waals surface area contributed by atoms with E-state index < -0.39 is 5.97 Å². The van der Waals surface area contributed by atoms with E-state index in [4.69, 9.17) is 9.84 Å². The molecular weight excluding hydrogens is 258 g/mol. The molecule has 2 aromatic heterocycles. The first-order valence-corrected chi connectivity index (χ1v) is 5.85. The number of hydrogen-bond donors (Lipinski definition) is 2. The third-order valence-corrected chi connectivity index (χ3v) is 3.02. The zero-order valence-corrected chi connectivity index (χ0v) is 10.2. The van der Waals surface area contributed by atoms with Gasteiger partial charge < -0.3 is 14.8 Å². The Balaban J connectivity index is 2.49. The van der Waals surface area contributed by atoms with Crippen molar-refractivity contribution < 1.29 is 14.6 Å². The Bertz CT molecular complexity index is 634. The zero-order chi connectivity index (χ0) is 13.1. The van der Waals surface area contributed by atoms with Gasteiger partial charge >= 0.3 is 5.97 Å². The molecular formula is C10H9N3O4S. The smallest absolute Gasteiger partial charge is 0.351 e. The fraction of sp³-hybridized carbons (Fsp3) is 0.200. The molecule has 7 nitrogen and oxygen atoms in total. The Hall–Kier alpha value is -2.22. The maximum absolute atomic E-state index is 11.1. The lowest BCUT2D eigenvalue weighted by molar-refractivity contribution is 0.0697. The average molecular weight is 267 g/mol. The number of carbonyl (C=O) groups is 1. The normalized spacial score (nSPS) is 10.3. The molecule has 2 rings (SSSR count). The topological polar surface area (TPSA) is 105 Å². The number of carboxylic acid groups (broad SMARTS) is 1. The SMILES string of the molecule is CCOc1nc(-c2cc(=O)[nH]cn2)sc1C(=O)O. The first-order chi connectivity index (χ1) is 8.61. The predicted molar refractivity (Wildman–Crippen MR) is 64.1 cm³/mol. The molecule has 0 atom stereocenters. The highest BCUT2D eigenvalue weighted by Gasteiger charge is 2.20. The van der Waals surface area contributed by atoms with Crippen LogP contribution >= 0.6 is 11.3 Å². The quantitative estimate of drug-likeness (QED) is 0.855. The van der Waals surface area contributed by atoms with E-state index in [2.05, 4.69) is 15.0 Å². The van der Waals surface area contributed by atoms with Crippen molar-refractivity contribution in [3.63, 3.8) is 0 Å². The van der Waals surface area contributed by atoms with E-state index in [1.807, 2.05) is 0 Å². The number of carboxylic acids is 1. The van der Waals surface area contributed by atoms with Gasteiger partial charge in [0.25, 0.3) is 5.56 Å². The number of nitrogens with zero attached hydrogens (tertiary/aromatic N) is 2. The minimum atomic E-state index is -1.12. The van der Waals surface area contributed by atoms with Crippen LogP contribution in [0.15, 0.2) is 17.2 Å². The van der Waals surface area contributed by atoms with Gasteiger partial charge in [0.2, 0.25) is 5.88 Å². The number of thiazole rings is 1. The molecule has 0 unspecified atom stereocenters. The Morgan fingerprint density at radius 3 is 3.00 bits per heavy atom. The third-order valence-electron chi connectivity index (χ3n) is 1.97. The van der Waals surface area contributed by atoms with E-state index in [-0.39, 0.29) is 16.3 Å². The van der Waals surface area contributed by atoms with Crippen LogP contribution in [0.2, 0.25) is 0 Å². The Labute approximate surface area is 105 Å². The average Bonchev–Trinajstić information content (AvgIpc) is 2.74.